The van der Waals surface area contributed by atoms with Crippen molar-refractivity contribution in [1.82, 2.24) is 0 Å². The summed E-state index contributed by atoms with van der Waals surface area (Å²) < 4.78 is 2.09. The van der Waals surface area contributed by atoms with E-state index in [1.807, 2.05) is 6.07 Å². The summed E-state index contributed by atoms with van der Waals surface area (Å²) in [5.74, 6) is 1.83. The molecule has 114 valence electrons. The smallest absolute Gasteiger partial charge is 0.365 e. The monoisotopic (exact) mass is 316 g/mol. The molecular formula is C11H22Cl2N2O4. The first-order chi connectivity index (χ1) is 6.84. The van der Waals surface area contributed by atoms with Gasteiger partial charge in [-0.2, -0.15) is 4.57 Å². The standard InChI is InChI=1S/C11H14N2O.2ClH.3H2O/c14-11-3-1-2-10-9-4-8(5-12-6-9)7-13(10)11;;;;;/h1-3,8-9,12H,4-7H2;2*1H;3*1H2/t8-,9+;;;;;/m0...../s1. The predicted octanol–water partition coefficient (Wildman–Crippen LogP) is -9.11. The molecule has 0 saturated carbocycles. The van der Waals surface area contributed by atoms with Gasteiger partial charge in [-0.1, -0.05) is 0 Å². The molecule has 9 N–H and O–H groups in total. The quantitative estimate of drug-likeness (QED) is 0.452. The number of halogens is 2. The summed E-state index contributed by atoms with van der Waals surface area (Å²) in [6.45, 7) is 3.40. The zero-order chi connectivity index (χ0) is 9.54. The van der Waals surface area contributed by atoms with Gasteiger partial charge in [-0.3, -0.25) is 0 Å². The largest absolute Gasteiger partial charge is 1.00 e. The fraction of sp³-hybridized carbons (Fsp3) is 0.545. The van der Waals surface area contributed by atoms with Crippen molar-refractivity contribution in [3.05, 3.63) is 23.9 Å². The molecule has 0 unspecified atom stereocenters. The van der Waals surface area contributed by atoms with Crippen molar-refractivity contribution in [1.29, 1.82) is 0 Å². The van der Waals surface area contributed by atoms with Crippen LogP contribution in [0.15, 0.2) is 18.2 Å². The van der Waals surface area contributed by atoms with Crippen LogP contribution in [0.4, 0.5) is 0 Å². The first-order valence-electron chi connectivity index (χ1n) is 5.38. The Hall–Kier alpha value is -0.630. The summed E-state index contributed by atoms with van der Waals surface area (Å²) in [4.78, 5) is 0. The highest BCUT2D eigenvalue weighted by molar-refractivity contribution is 5.11. The summed E-state index contributed by atoms with van der Waals surface area (Å²) in [6, 6.07) is 5.89. The van der Waals surface area contributed by atoms with Crippen LogP contribution in [-0.4, -0.2) is 34.6 Å². The lowest BCUT2D eigenvalue weighted by Crippen LogP contribution is -3.00. The summed E-state index contributed by atoms with van der Waals surface area (Å²) in [5.41, 5.74) is 1.32. The third kappa shape index (κ3) is 4.17. The summed E-state index contributed by atoms with van der Waals surface area (Å²) in [7, 11) is 0. The van der Waals surface area contributed by atoms with Gasteiger partial charge < -0.3 is 51.7 Å². The van der Waals surface area contributed by atoms with Gasteiger partial charge in [0.2, 0.25) is 0 Å². The molecule has 3 rings (SSSR count). The summed E-state index contributed by atoms with van der Waals surface area (Å²) >= 11 is 0. The van der Waals surface area contributed by atoms with E-state index in [-0.39, 0.29) is 41.2 Å². The molecule has 19 heavy (non-hydrogen) atoms. The zero-order valence-electron chi connectivity index (χ0n) is 10.4. The van der Waals surface area contributed by atoms with Gasteiger partial charge >= 0.3 is 5.88 Å². The van der Waals surface area contributed by atoms with Gasteiger partial charge in [0.15, 0.2) is 12.2 Å². The van der Waals surface area contributed by atoms with E-state index < -0.39 is 0 Å². The summed E-state index contributed by atoms with van der Waals surface area (Å²) in [5, 5.41) is 12.2. The van der Waals surface area contributed by atoms with Gasteiger partial charge in [-0.15, -0.1) is 0 Å². The molecule has 3 heterocycles. The Morgan fingerprint density at radius 1 is 1.11 bits per heavy atom. The Kier molecular flexibility index (Phi) is 11.5. The first-order valence-corrected chi connectivity index (χ1v) is 5.38. The average Bonchev–Trinajstić information content (AvgIpc) is 2.20. The topological polar surface area (TPSA) is 135 Å². The molecular weight excluding hydrogens is 295 g/mol. The lowest BCUT2D eigenvalue weighted by atomic mass is 9.84. The van der Waals surface area contributed by atoms with Crippen LogP contribution >= 0.6 is 0 Å². The van der Waals surface area contributed by atoms with Gasteiger partial charge in [0.05, 0.1) is 31.0 Å². The molecule has 2 aliphatic heterocycles. The second kappa shape index (κ2) is 9.30. The Labute approximate surface area is 124 Å². The minimum atomic E-state index is 0. The number of aromatic hydroxyl groups is 1. The van der Waals surface area contributed by atoms with Gasteiger partial charge in [0, 0.05) is 6.07 Å². The predicted molar refractivity (Wildman–Crippen MR) is 61.7 cm³/mol. The molecule has 0 radical (unpaired) electrons. The van der Waals surface area contributed by atoms with E-state index in [0.29, 0.717) is 11.8 Å². The maximum absolute atomic E-state index is 9.76. The van der Waals surface area contributed by atoms with Crippen molar-refractivity contribution in [2.24, 2.45) is 5.92 Å². The fourth-order valence-corrected chi connectivity index (χ4v) is 2.88. The van der Waals surface area contributed by atoms with E-state index in [4.69, 9.17) is 0 Å². The second-order valence-electron chi connectivity index (χ2n) is 4.48. The van der Waals surface area contributed by atoms with E-state index in [1.54, 1.807) is 6.07 Å². The Morgan fingerprint density at radius 3 is 2.47 bits per heavy atom. The van der Waals surface area contributed by atoms with E-state index >= 15 is 0 Å². The molecule has 1 aromatic heterocycles. The highest BCUT2D eigenvalue weighted by Gasteiger charge is 2.39. The fourth-order valence-electron chi connectivity index (χ4n) is 2.88. The molecule has 0 spiro atoms. The lowest BCUT2D eigenvalue weighted by molar-refractivity contribution is -0.756. The molecule has 1 saturated heterocycles. The maximum atomic E-state index is 9.76. The third-order valence-electron chi connectivity index (χ3n) is 3.53. The van der Waals surface area contributed by atoms with Gasteiger partial charge in [-0.25, -0.2) is 0 Å². The van der Waals surface area contributed by atoms with Gasteiger partial charge in [0.1, 0.15) is 0 Å². The molecule has 1 fully saturated rings. The number of pyridine rings is 1. The number of fused-ring (bicyclic) bond motifs is 4. The van der Waals surface area contributed by atoms with Crippen molar-refractivity contribution >= 4 is 0 Å². The van der Waals surface area contributed by atoms with Crippen LogP contribution in [0.5, 0.6) is 5.88 Å². The number of quaternary nitrogens is 1. The lowest BCUT2D eigenvalue weighted by Gasteiger charge is -2.29. The molecule has 0 aromatic carbocycles. The molecule has 0 aliphatic carbocycles. The number of piperidine rings is 1. The summed E-state index contributed by atoms with van der Waals surface area (Å²) in [6.07, 6.45) is 1.31. The Balaban J connectivity index is -0.000000512. The van der Waals surface area contributed by atoms with Crippen molar-refractivity contribution in [2.75, 3.05) is 13.1 Å². The number of hydrogen-bond donors (Lipinski definition) is 2. The maximum Gasteiger partial charge on any atom is 0.365 e. The van der Waals surface area contributed by atoms with Crippen molar-refractivity contribution in [3.63, 3.8) is 0 Å². The highest BCUT2D eigenvalue weighted by atomic mass is 35.5. The molecule has 1 aromatic rings. The molecule has 2 atom stereocenters. The Morgan fingerprint density at radius 2 is 1.79 bits per heavy atom. The van der Waals surface area contributed by atoms with Crippen LogP contribution in [0.25, 0.3) is 0 Å². The number of hydrogen-bond acceptors (Lipinski definition) is 1. The number of aromatic nitrogens is 1. The van der Waals surface area contributed by atoms with Crippen molar-refractivity contribution < 1.29 is 56.2 Å². The number of rotatable bonds is 0. The van der Waals surface area contributed by atoms with Crippen LogP contribution in [0.2, 0.25) is 0 Å². The van der Waals surface area contributed by atoms with Crippen molar-refractivity contribution in [2.45, 2.75) is 18.9 Å². The van der Waals surface area contributed by atoms with E-state index in [2.05, 4.69) is 16.0 Å². The van der Waals surface area contributed by atoms with Crippen LogP contribution in [0.3, 0.4) is 0 Å². The number of nitrogens with zero attached hydrogens (tertiary/aromatic N) is 1. The van der Waals surface area contributed by atoms with Gasteiger partial charge in [-0.05, 0) is 12.5 Å². The normalized spacial score (nSPS) is 21.9. The van der Waals surface area contributed by atoms with Crippen LogP contribution in [-0.2, 0) is 6.54 Å². The van der Waals surface area contributed by atoms with Gasteiger partial charge in [0.25, 0.3) is 0 Å². The minimum absolute atomic E-state index is 0. The third-order valence-corrected chi connectivity index (χ3v) is 3.53. The first kappa shape index (κ1) is 23.5. The second-order valence-corrected chi connectivity index (χ2v) is 4.48. The molecule has 2 aliphatic rings. The zero-order valence-corrected chi connectivity index (χ0v) is 12.0. The Bertz CT molecular complexity index is 382. The highest BCUT2D eigenvalue weighted by Crippen LogP contribution is 2.27. The van der Waals surface area contributed by atoms with Crippen molar-refractivity contribution in [3.8, 4) is 5.88 Å². The van der Waals surface area contributed by atoms with E-state index in [9.17, 15) is 5.11 Å². The molecule has 6 nitrogen and oxygen atoms in total. The SMILES string of the molecule is O.O.O.Oc1cccc2[n+]1C[C@@H]1C[NH2+]C[C@H]2C1.[Cl-].[Cl-]. The average molecular weight is 317 g/mol. The number of nitrogens with two attached hydrogens (primary N) is 1. The van der Waals surface area contributed by atoms with E-state index in [1.165, 1.54) is 25.2 Å². The van der Waals surface area contributed by atoms with Crippen LogP contribution in [0.1, 0.15) is 18.0 Å². The molecule has 8 heteroatoms. The molecule has 2 bridgehead atoms. The van der Waals surface area contributed by atoms with Crippen LogP contribution in [0, 0.1) is 5.92 Å². The van der Waals surface area contributed by atoms with E-state index in [0.717, 1.165) is 12.5 Å². The molecule has 0 amide bonds. The minimum Gasteiger partial charge on any atom is -1.00 e. The van der Waals surface area contributed by atoms with Crippen LogP contribution < -0.4 is 34.7 Å².